The van der Waals surface area contributed by atoms with E-state index in [-0.39, 0.29) is 17.7 Å². The van der Waals surface area contributed by atoms with E-state index in [9.17, 15) is 13.5 Å². The van der Waals surface area contributed by atoms with Crippen molar-refractivity contribution in [3.05, 3.63) is 92.0 Å². The van der Waals surface area contributed by atoms with Crippen molar-refractivity contribution in [1.82, 2.24) is 0 Å². The molecule has 0 amide bonds. The van der Waals surface area contributed by atoms with Gasteiger partial charge in [0.05, 0.1) is 4.91 Å². The van der Waals surface area contributed by atoms with E-state index in [2.05, 4.69) is 97.9 Å². The highest BCUT2D eigenvalue weighted by molar-refractivity contribution is 7.94. The summed E-state index contributed by atoms with van der Waals surface area (Å²) in [5.74, 6) is 0. The van der Waals surface area contributed by atoms with Crippen LogP contribution in [-0.2, 0) is 9.84 Å². The summed E-state index contributed by atoms with van der Waals surface area (Å²) < 4.78 is 26.5. The summed E-state index contributed by atoms with van der Waals surface area (Å²) in [6.07, 6.45) is 26.5. The molecule has 0 atom stereocenters. The third kappa shape index (κ3) is 21.3. The van der Waals surface area contributed by atoms with Crippen molar-refractivity contribution in [3.8, 4) is 0 Å². The molecule has 45 heavy (non-hydrogen) atoms. The Kier molecular flexibility index (Phi) is 21.3. The van der Waals surface area contributed by atoms with Crippen LogP contribution in [0.15, 0.2) is 92.0 Å². The summed E-state index contributed by atoms with van der Waals surface area (Å²) in [5, 5.41) is 12.2. The Hall–Kier alpha value is -2.17. The molecule has 256 valence electrons. The number of allylic oxidation sites excluding steroid dienone is 13. The van der Waals surface area contributed by atoms with Crippen LogP contribution in [0, 0.1) is 0 Å². The van der Waals surface area contributed by atoms with E-state index in [1.54, 1.807) is 0 Å². The smallest absolute Gasteiger partial charge is 0.174 e. The molecule has 0 radical (unpaired) electrons. The Labute approximate surface area is 279 Å². The lowest BCUT2D eigenvalue weighted by atomic mass is 9.89. The van der Waals surface area contributed by atoms with E-state index in [4.69, 9.17) is 0 Å². The number of hydrogen-bond acceptors (Lipinski definition) is 3. The van der Waals surface area contributed by atoms with Gasteiger partial charge in [0, 0.05) is 6.26 Å². The first-order chi connectivity index (χ1) is 20.9. The SMILES string of the molecule is CC(C)=CCCC(C)=CCCC(C)=CCC(O)(CC=C(C)CCC=C(C)CCC=C(C)C)C(=C(C)CCC=C(C)C)S(C)(=O)=O. The maximum atomic E-state index is 13.3. The molecule has 0 rings (SSSR count). The van der Waals surface area contributed by atoms with E-state index in [1.165, 1.54) is 45.3 Å². The van der Waals surface area contributed by atoms with Gasteiger partial charge < -0.3 is 5.11 Å². The predicted molar refractivity (Wildman–Crippen MR) is 201 cm³/mol. The molecule has 4 heteroatoms. The van der Waals surface area contributed by atoms with Gasteiger partial charge in [-0.25, -0.2) is 8.42 Å². The Morgan fingerprint density at radius 2 is 0.778 bits per heavy atom. The van der Waals surface area contributed by atoms with Gasteiger partial charge in [-0.05, 0) is 153 Å². The minimum atomic E-state index is -3.63. The lowest BCUT2D eigenvalue weighted by Gasteiger charge is -2.30. The van der Waals surface area contributed by atoms with Crippen LogP contribution in [0.5, 0.6) is 0 Å². The van der Waals surface area contributed by atoms with Crippen LogP contribution in [0.4, 0.5) is 0 Å². The third-order valence-electron chi connectivity index (χ3n) is 8.07. The molecule has 0 bridgehead atoms. The molecular weight excluding hydrogens is 573 g/mol. The molecule has 0 aromatic heterocycles. The van der Waals surface area contributed by atoms with Gasteiger partial charge in [0.1, 0.15) is 5.60 Å². The number of hydrogen-bond donors (Lipinski definition) is 1. The topological polar surface area (TPSA) is 54.4 Å². The first-order valence-electron chi connectivity index (χ1n) is 17.0. The lowest BCUT2D eigenvalue weighted by molar-refractivity contribution is 0.0906. The van der Waals surface area contributed by atoms with E-state index >= 15 is 0 Å². The first kappa shape index (κ1) is 42.8. The van der Waals surface area contributed by atoms with Crippen molar-refractivity contribution in [2.24, 2.45) is 0 Å². The molecule has 0 heterocycles. The summed E-state index contributed by atoms with van der Waals surface area (Å²) in [7, 11) is -3.63. The fourth-order valence-electron chi connectivity index (χ4n) is 5.38. The largest absolute Gasteiger partial charge is 0.384 e. The van der Waals surface area contributed by atoms with E-state index in [0.29, 0.717) is 6.42 Å². The Bertz CT molecular complexity index is 1200. The van der Waals surface area contributed by atoms with Crippen LogP contribution in [0.1, 0.15) is 153 Å². The molecule has 3 nitrogen and oxygen atoms in total. The van der Waals surface area contributed by atoms with Crippen molar-refractivity contribution in [3.63, 3.8) is 0 Å². The zero-order valence-electron chi connectivity index (χ0n) is 31.2. The average Bonchev–Trinajstić information content (AvgIpc) is 2.89. The van der Waals surface area contributed by atoms with Crippen LogP contribution < -0.4 is 0 Å². The summed E-state index contributed by atoms with van der Waals surface area (Å²) in [5.41, 5.74) is 8.31. The average molecular weight is 641 g/mol. The molecule has 0 aliphatic heterocycles. The molecule has 0 unspecified atom stereocenters. The molecule has 1 N–H and O–H groups in total. The molecule has 0 aliphatic carbocycles. The van der Waals surface area contributed by atoms with Gasteiger partial charge in [0.2, 0.25) is 0 Å². The second kappa shape index (κ2) is 22.4. The van der Waals surface area contributed by atoms with Crippen molar-refractivity contribution >= 4 is 9.84 Å². The third-order valence-corrected chi connectivity index (χ3v) is 9.54. The summed E-state index contributed by atoms with van der Waals surface area (Å²) in [6, 6.07) is 0. The molecule has 0 saturated heterocycles. The Morgan fingerprint density at radius 3 is 1.09 bits per heavy atom. The fourth-order valence-corrected chi connectivity index (χ4v) is 6.97. The number of sulfone groups is 1. The lowest BCUT2D eigenvalue weighted by Crippen LogP contribution is -2.35. The van der Waals surface area contributed by atoms with Crippen molar-refractivity contribution in [1.29, 1.82) is 0 Å². The molecule has 0 aliphatic rings. The highest BCUT2D eigenvalue weighted by Gasteiger charge is 2.37. The first-order valence-corrected chi connectivity index (χ1v) is 18.9. The standard InChI is InChI=1S/C41H68O3S/c1-32(2)18-13-21-35(7)23-16-25-37(9)28-30-41(42,40(45(12,43)44)39(11)27-15-20-34(5)6)31-29-38(10)26-17-24-36(8)22-14-19-33(3)4/h18-20,23-24,28-29,42H,13-17,21-22,25-27,30-31H2,1-12H3. The van der Waals surface area contributed by atoms with Gasteiger partial charge in [-0.1, -0.05) is 87.1 Å². The van der Waals surface area contributed by atoms with Crippen LogP contribution in [-0.4, -0.2) is 25.4 Å². The van der Waals surface area contributed by atoms with Crippen molar-refractivity contribution in [2.75, 3.05) is 6.26 Å². The number of aliphatic hydroxyl groups is 1. The Morgan fingerprint density at radius 1 is 0.489 bits per heavy atom. The summed E-state index contributed by atoms with van der Waals surface area (Å²) in [4.78, 5) is 0.190. The normalized spacial score (nSPS) is 15.3. The molecule has 0 fully saturated rings. The van der Waals surface area contributed by atoms with Crippen LogP contribution in [0.2, 0.25) is 0 Å². The predicted octanol–water partition coefficient (Wildman–Crippen LogP) is 12.4. The second-order valence-corrected chi connectivity index (χ2v) is 16.0. The van der Waals surface area contributed by atoms with E-state index in [1.807, 2.05) is 20.8 Å². The summed E-state index contributed by atoms with van der Waals surface area (Å²) in [6.45, 7) is 23.1. The minimum absolute atomic E-state index is 0.190. The van der Waals surface area contributed by atoms with Crippen LogP contribution in [0.3, 0.4) is 0 Å². The summed E-state index contributed by atoms with van der Waals surface area (Å²) >= 11 is 0. The van der Waals surface area contributed by atoms with Gasteiger partial charge in [-0.2, -0.15) is 0 Å². The fraction of sp³-hybridized carbons (Fsp3) is 0.610. The van der Waals surface area contributed by atoms with Crippen molar-refractivity contribution in [2.45, 2.75) is 159 Å². The molecule has 0 aromatic carbocycles. The van der Waals surface area contributed by atoms with E-state index < -0.39 is 15.4 Å². The molecule has 0 spiro atoms. The minimum Gasteiger partial charge on any atom is -0.384 e. The van der Waals surface area contributed by atoms with Crippen molar-refractivity contribution < 1.29 is 13.5 Å². The maximum absolute atomic E-state index is 13.3. The van der Waals surface area contributed by atoms with Gasteiger partial charge in [-0.15, -0.1) is 0 Å². The van der Waals surface area contributed by atoms with E-state index in [0.717, 1.165) is 63.4 Å². The van der Waals surface area contributed by atoms with Crippen LogP contribution in [0.25, 0.3) is 0 Å². The van der Waals surface area contributed by atoms with Crippen LogP contribution >= 0.6 is 0 Å². The monoisotopic (exact) mass is 640 g/mol. The van der Waals surface area contributed by atoms with Gasteiger partial charge >= 0.3 is 0 Å². The maximum Gasteiger partial charge on any atom is 0.174 e. The Balaban J connectivity index is 6.04. The van der Waals surface area contributed by atoms with Gasteiger partial charge in [0.25, 0.3) is 0 Å². The molecule has 0 aromatic rings. The highest BCUT2D eigenvalue weighted by Crippen LogP contribution is 2.35. The van der Waals surface area contributed by atoms with Gasteiger partial charge in [-0.3, -0.25) is 0 Å². The zero-order valence-corrected chi connectivity index (χ0v) is 32.0. The highest BCUT2D eigenvalue weighted by atomic mass is 32.2. The molecule has 0 saturated carbocycles. The zero-order chi connectivity index (χ0) is 34.6. The second-order valence-electron chi connectivity index (χ2n) is 14.1. The quantitative estimate of drug-likeness (QED) is 0.127. The number of rotatable bonds is 21. The molecular formula is C41H68O3S. The van der Waals surface area contributed by atoms with Gasteiger partial charge in [0.15, 0.2) is 9.84 Å².